The van der Waals surface area contributed by atoms with Crippen LogP contribution in [0.2, 0.25) is 6.82 Å². The summed E-state index contributed by atoms with van der Waals surface area (Å²) in [6.07, 6.45) is 6.83. The van der Waals surface area contributed by atoms with E-state index in [1.165, 1.54) is 27.2 Å². The first kappa shape index (κ1) is 29.9. The second-order valence-corrected chi connectivity index (χ2v) is 12.0. The normalized spacial score (nSPS) is 10.8. The maximum absolute atomic E-state index is 5.90. The number of hydrogen-bond donors (Lipinski definition) is 0. The molecule has 5 heteroatoms. The van der Waals surface area contributed by atoms with Gasteiger partial charge < -0.3 is 9.30 Å². The largest absolute Gasteiger partial charge is 0.494 e. The topological polar surface area (TPSA) is 27.1 Å². The Balaban J connectivity index is 0.000000220. The van der Waals surface area contributed by atoms with Crippen LogP contribution in [0.4, 0.5) is 0 Å². The van der Waals surface area contributed by atoms with E-state index < -0.39 is 0 Å². The van der Waals surface area contributed by atoms with Gasteiger partial charge in [0.2, 0.25) is 6.71 Å². The van der Waals surface area contributed by atoms with Gasteiger partial charge in [0.05, 0.1) is 18.1 Å². The third-order valence-electron chi connectivity index (χ3n) is 7.51. The highest BCUT2D eigenvalue weighted by atomic mass is 28.2. The number of aromatic nitrogens is 2. The van der Waals surface area contributed by atoms with Gasteiger partial charge in [-0.1, -0.05) is 163 Å². The Bertz CT molecular complexity index is 1550. The van der Waals surface area contributed by atoms with Gasteiger partial charge in [0, 0.05) is 12.4 Å². The SMILES string of the molecule is CB(c1ccccc1)c1ccccc1.CCCOc1cccc([Si]C(c2ccccc2)(c2ccccc2)n2ccnc2)c1. The van der Waals surface area contributed by atoms with Crippen molar-refractivity contribution in [2.75, 3.05) is 6.61 Å². The van der Waals surface area contributed by atoms with E-state index in [2.05, 4.69) is 169 Å². The van der Waals surface area contributed by atoms with Gasteiger partial charge in [0.15, 0.2) is 0 Å². The monoisotopic (exact) mass is 576 g/mol. The van der Waals surface area contributed by atoms with E-state index in [-0.39, 0.29) is 5.16 Å². The van der Waals surface area contributed by atoms with Crippen LogP contribution >= 0.6 is 0 Å². The Morgan fingerprint density at radius 2 is 1.23 bits per heavy atom. The molecule has 1 aromatic heterocycles. The lowest BCUT2D eigenvalue weighted by atomic mass is 9.43. The summed E-state index contributed by atoms with van der Waals surface area (Å²) in [5.74, 6) is 0.928. The van der Waals surface area contributed by atoms with Crippen LogP contribution in [0.5, 0.6) is 5.75 Å². The van der Waals surface area contributed by atoms with E-state index in [9.17, 15) is 0 Å². The summed E-state index contributed by atoms with van der Waals surface area (Å²) in [4.78, 5) is 4.38. The van der Waals surface area contributed by atoms with E-state index in [4.69, 9.17) is 4.74 Å². The number of hydrogen-bond acceptors (Lipinski definition) is 2. The molecule has 0 aliphatic carbocycles. The van der Waals surface area contributed by atoms with Gasteiger partial charge >= 0.3 is 0 Å². The van der Waals surface area contributed by atoms with Crippen molar-refractivity contribution in [1.82, 2.24) is 9.55 Å². The van der Waals surface area contributed by atoms with Crippen LogP contribution in [0.25, 0.3) is 0 Å². The van der Waals surface area contributed by atoms with E-state index in [1.807, 2.05) is 18.6 Å². The van der Waals surface area contributed by atoms with Crippen LogP contribution in [0.1, 0.15) is 24.5 Å². The number of benzene rings is 5. The molecule has 0 aliphatic rings. The molecule has 1 heterocycles. The molecule has 0 spiro atoms. The van der Waals surface area contributed by atoms with Gasteiger partial charge in [0.1, 0.15) is 15.3 Å². The van der Waals surface area contributed by atoms with E-state index in [0.717, 1.165) is 18.8 Å². The first-order valence-electron chi connectivity index (χ1n) is 14.9. The fourth-order valence-corrected chi connectivity index (χ4v) is 6.95. The predicted octanol–water partition coefficient (Wildman–Crippen LogP) is 6.38. The summed E-state index contributed by atoms with van der Waals surface area (Å²) in [5, 5.41) is 0.877. The molecule has 0 bridgehead atoms. The van der Waals surface area contributed by atoms with Crippen LogP contribution in [0, 0.1) is 0 Å². The molecule has 0 fully saturated rings. The van der Waals surface area contributed by atoms with Gasteiger partial charge in [0.25, 0.3) is 0 Å². The maximum Gasteiger partial charge on any atom is 0.206 e. The molecule has 0 saturated carbocycles. The van der Waals surface area contributed by atoms with Gasteiger partial charge in [-0.2, -0.15) is 0 Å². The predicted molar refractivity (Wildman–Crippen MR) is 183 cm³/mol. The summed E-state index contributed by atoms with van der Waals surface area (Å²) in [7, 11) is 0.460. The molecule has 0 unspecified atom stereocenters. The number of imidazole rings is 1. The van der Waals surface area contributed by atoms with Crippen molar-refractivity contribution in [3.05, 3.63) is 175 Å². The zero-order chi connectivity index (χ0) is 29.7. The minimum Gasteiger partial charge on any atom is -0.494 e. The first-order valence-corrected chi connectivity index (χ1v) is 15.9. The molecular weight excluding hydrogens is 539 g/mol. The van der Waals surface area contributed by atoms with Crippen molar-refractivity contribution in [1.29, 1.82) is 0 Å². The van der Waals surface area contributed by atoms with Gasteiger partial charge in [-0.3, -0.25) is 0 Å². The van der Waals surface area contributed by atoms with E-state index >= 15 is 0 Å². The van der Waals surface area contributed by atoms with Crippen molar-refractivity contribution in [3.8, 4) is 5.75 Å². The highest BCUT2D eigenvalue weighted by Crippen LogP contribution is 2.33. The molecule has 0 aliphatic heterocycles. The average Bonchev–Trinajstić information content (AvgIpc) is 3.64. The molecule has 0 amide bonds. The van der Waals surface area contributed by atoms with Crippen LogP contribution < -0.4 is 20.8 Å². The number of rotatable bonds is 10. The lowest BCUT2D eigenvalue weighted by molar-refractivity contribution is 0.317. The summed E-state index contributed by atoms with van der Waals surface area (Å²) in [6, 6.07) is 51.1. The van der Waals surface area contributed by atoms with Crippen molar-refractivity contribution < 1.29 is 4.74 Å². The van der Waals surface area contributed by atoms with Crippen molar-refractivity contribution in [2.45, 2.75) is 25.3 Å². The van der Waals surface area contributed by atoms with Crippen LogP contribution in [0.3, 0.4) is 0 Å². The second-order valence-electron chi connectivity index (χ2n) is 10.5. The zero-order valence-electron chi connectivity index (χ0n) is 24.9. The van der Waals surface area contributed by atoms with Gasteiger partial charge in [-0.25, -0.2) is 4.98 Å². The Morgan fingerprint density at radius 1 is 0.698 bits per heavy atom. The third kappa shape index (κ3) is 7.43. The second kappa shape index (κ2) is 15.0. The Labute approximate surface area is 259 Å². The molecule has 6 rings (SSSR count). The highest BCUT2D eigenvalue weighted by molar-refractivity contribution is 6.84. The van der Waals surface area contributed by atoms with Crippen LogP contribution in [-0.2, 0) is 5.16 Å². The van der Waals surface area contributed by atoms with Crippen LogP contribution in [-0.4, -0.2) is 32.4 Å². The molecule has 6 aromatic rings. The zero-order valence-corrected chi connectivity index (χ0v) is 25.9. The summed E-state index contributed by atoms with van der Waals surface area (Å²) in [5.41, 5.74) is 5.22. The highest BCUT2D eigenvalue weighted by Gasteiger charge is 2.37. The lowest BCUT2D eigenvalue weighted by Gasteiger charge is -2.36. The number of ether oxygens (including phenoxy) is 1. The summed E-state index contributed by atoms with van der Waals surface area (Å²) in [6.45, 7) is 5.58. The lowest BCUT2D eigenvalue weighted by Crippen LogP contribution is -2.46. The van der Waals surface area contributed by atoms with Crippen molar-refractivity contribution in [3.63, 3.8) is 0 Å². The molecular formula is C38H37BN2OSi. The molecule has 0 atom stereocenters. The molecule has 0 saturated heterocycles. The molecule has 5 aromatic carbocycles. The first-order chi connectivity index (χ1) is 21.2. The van der Waals surface area contributed by atoms with E-state index in [0.29, 0.717) is 16.2 Å². The summed E-state index contributed by atoms with van der Waals surface area (Å²) < 4.78 is 8.13. The van der Waals surface area contributed by atoms with E-state index in [1.54, 1.807) is 0 Å². The molecule has 2 radical (unpaired) electrons. The molecule has 212 valence electrons. The molecule has 3 nitrogen and oxygen atoms in total. The number of nitrogens with zero attached hydrogens (tertiary/aromatic N) is 2. The Morgan fingerprint density at radius 3 is 1.72 bits per heavy atom. The van der Waals surface area contributed by atoms with Gasteiger partial charge in [-0.05, 0) is 29.7 Å². The summed E-state index contributed by atoms with van der Waals surface area (Å²) >= 11 is 0. The van der Waals surface area contributed by atoms with Crippen molar-refractivity contribution in [2.24, 2.45) is 0 Å². The molecule has 43 heavy (non-hydrogen) atoms. The smallest absolute Gasteiger partial charge is 0.206 e. The van der Waals surface area contributed by atoms with Crippen molar-refractivity contribution >= 4 is 32.3 Å². The third-order valence-corrected chi connectivity index (χ3v) is 9.30. The van der Waals surface area contributed by atoms with Gasteiger partial charge in [-0.15, -0.1) is 0 Å². The quantitative estimate of drug-likeness (QED) is 0.177. The van der Waals surface area contributed by atoms with Crippen LogP contribution in [0.15, 0.2) is 164 Å². The Hall–Kier alpha value is -4.61. The molecule has 0 N–H and O–H groups in total. The standard InChI is InChI=1S/C25H24N2OSi.C13H13B/c1-2-18-28-23-14-9-15-24(19-23)29-25(27-17-16-26-20-27,21-10-5-3-6-11-21)22-12-7-4-8-13-22;1-14(12-8-4-2-5-9-12)13-10-6-3-7-11-13/h3-17,19-20H,2,18H2,1H3;2-11H,1H3. The maximum atomic E-state index is 5.90. The average molecular weight is 577 g/mol. The minimum absolute atomic E-state index is 0.373. The minimum atomic E-state index is -0.373. The fraction of sp³-hybridized carbons (Fsp3) is 0.132. The Kier molecular flexibility index (Phi) is 10.4. The fourth-order valence-electron chi connectivity index (χ4n) is 5.26.